The molecule has 2 N–H and O–H groups in total. The summed E-state index contributed by atoms with van der Waals surface area (Å²) in [5.74, 6) is -7.93. The first kappa shape index (κ1) is 25.2. The third-order valence-electron chi connectivity index (χ3n) is 6.28. The molecular weight excluding hydrogens is 504 g/mol. The minimum atomic E-state index is -1.65. The zero-order valence-electron chi connectivity index (χ0n) is 18.9. The van der Waals surface area contributed by atoms with Crippen molar-refractivity contribution in [2.75, 3.05) is 13.2 Å². The normalized spacial score (nSPS) is 27.5. The van der Waals surface area contributed by atoms with Crippen LogP contribution < -0.4 is 0 Å². The standard InChI is InChI=1S/C23H20F4N4O6/c24-12-2-4-28-15(8-12)22(34)36-21-19(20(33)17(10-32)37-23(21)3-1-5-35-23)31-9-16(29-30-31)11-6-13(25)18(27)14(26)7-11/h2,4,6-9,17,19-21,32-33H,1,3,5,10H2/t17-,19+,20+,21-,23+/m1/s1. The topological polar surface area (TPSA) is 129 Å². The number of hydrogen-bond donors (Lipinski definition) is 2. The molecular formula is C23H20F4N4O6. The van der Waals surface area contributed by atoms with Crippen molar-refractivity contribution < 1.29 is 46.8 Å². The molecule has 0 unspecified atom stereocenters. The number of hydrogen-bond acceptors (Lipinski definition) is 9. The fourth-order valence-corrected chi connectivity index (χ4v) is 4.56. The van der Waals surface area contributed by atoms with Gasteiger partial charge in [-0.1, -0.05) is 5.21 Å². The fraction of sp³-hybridized carbons (Fsp3) is 0.391. The summed E-state index contributed by atoms with van der Waals surface area (Å²) in [5.41, 5.74) is -0.593. The second kappa shape index (κ2) is 9.78. The molecule has 4 heterocycles. The van der Waals surface area contributed by atoms with Gasteiger partial charge in [-0.15, -0.1) is 5.10 Å². The third kappa shape index (κ3) is 4.56. The fourth-order valence-electron chi connectivity index (χ4n) is 4.56. The highest BCUT2D eigenvalue weighted by atomic mass is 19.2. The number of aromatic nitrogens is 4. The summed E-state index contributed by atoms with van der Waals surface area (Å²) in [6, 6.07) is 2.06. The Hall–Kier alpha value is -3.46. The quantitative estimate of drug-likeness (QED) is 0.292. The van der Waals surface area contributed by atoms with Gasteiger partial charge in [0.1, 0.15) is 29.8 Å². The number of nitrogens with zero attached hydrogens (tertiary/aromatic N) is 4. The van der Waals surface area contributed by atoms with Crippen LogP contribution in [0, 0.1) is 23.3 Å². The van der Waals surface area contributed by atoms with Gasteiger partial charge in [0.05, 0.1) is 19.4 Å². The van der Waals surface area contributed by atoms with E-state index in [0.29, 0.717) is 6.42 Å². The summed E-state index contributed by atoms with van der Waals surface area (Å²) in [5, 5.41) is 28.7. The van der Waals surface area contributed by atoms with E-state index in [1.165, 1.54) is 6.20 Å². The predicted octanol–water partition coefficient (Wildman–Crippen LogP) is 1.92. The Kier molecular flexibility index (Phi) is 6.66. The number of ether oxygens (including phenoxy) is 3. The number of esters is 1. The lowest BCUT2D eigenvalue weighted by Gasteiger charge is -2.48. The summed E-state index contributed by atoms with van der Waals surface area (Å²) in [6.07, 6.45) is -1.16. The van der Waals surface area contributed by atoms with Crippen molar-refractivity contribution in [1.82, 2.24) is 20.0 Å². The molecule has 2 aliphatic heterocycles. The third-order valence-corrected chi connectivity index (χ3v) is 6.28. The average Bonchev–Trinajstić information content (AvgIpc) is 3.55. The minimum absolute atomic E-state index is 0.0877. The van der Waals surface area contributed by atoms with E-state index in [-0.39, 0.29) is 30.0 Å². The van der Waals surface area contributed by atoms with Gasteiger partial charge in [0, 0.05) is 24.2 Å². The molecule has 3 aromatic rings. The number of aliphatic hydroxyl groups excluding tert-OH is 2. The lowest BCUT2D eigenvalue weighted by Crippen LogP contribution is -2.63. The minimum Gasteiger partial charge on any atom is -0.449 e. The SMILES string of the molecule is O=C(O[C@@H]1[C@@H](n2cc(-c3cc(F)c(F)c(F)c3)nn2)[C@@H](O)[C@@H](CO)O[C@@]12CCCO2)c1cc(F)ccn1. The number of benzene rings is 1. The van der Waals surface area contributed by atoms with E-state index in [0.717, 1.165) is 35.1 Å². The van der Waals surface area contributed by atoms with Crippen molar-refractivity contribution in [2.24, 2.45) is 0 Å². The Morgan fingerprint density at radius 3 is 2.62 bits per heavy atom. The van der Waals surface area contributed by atoms with Gasteiger partial charge < -0.3 is 24.4 Å². The molecule has 1 aromatic carbocycles. The van der Waals surface area contributed by atoms with Crippen molar-refractivity contribution in [3.63, 3.8) is 0 Å². The largest absolute Gasteiger partial charge is 0.449 e. The van der Waals surface area contributed by atoms with Crippen molar-refractivity contribution in [3.05, 3.63) is 65.6 Å². The van der Waals surface area contributed by atoms with E-state index in [4.69, 9.17) is 14.2 Å². The van der Waals surface area contributed by atoms with E-state index in [1.807, 2.05) is 0 Å². The first-order valence-electron chi connectivity index (χ1n) is 11.2. The molecule has 2 saturated heterocycles. The molecule has 0 bridgehead atoms. The first-order valence-corrected chi connectivity index (χ1v) is 11.2. The Morgan fingerprint density at radius 1 is 1.22 bits per heavy atom. The molecule has 2 aromatic heterocycles. The van der Waals surface area contributed by atoms with Crippen LogP contribution in [0.2, 0.25) is 0 Å². The van der Waals surface area contributed by atoms with Gasteiger partial charge in [-0.3, -0.25) is 0 Å². The highest BCUT2D eigenvalue weighted by molar-refractivity contribution is 5.87. The molecule has 37 heavy (non-hydrogen) atoms. The van der Waals surface area contributed by atoms with Crippen LogP contribution in [0.4, 0.5) is 17.6 Å². The van der Waals surface area contributed by atoms with Crippen LogP contribution in [-0.2, 0) is 14.2 Å². The van der Waals surface area contributed by atoms with Crippen LogP contribution in [0.25, 0.3) is 11.3 Å². The van der Waals surface area contributed by atoms with Gasteiger partial charge in [0.2, 0.25) is 5.79 Å². The summed E-state index contributed by atoms with van der Waals surface area (Å²) < 4.78 is 73.0. The highest BCUT2D eigenvalue weighted by Crippen LogP contribution is 2.45. The lowest BCUT2D eigenvalue weighted by molar-refractivity contribution is -0.337. The average molecular weight is 524 g/mol. The van der Waals surface area contributed by atoms with Crippen LogP contribution in [0.5, 0.6) is 0 Å². The Morgan fingerprint density at radius 2 is 1.97 bits per heavy atom. The molecule has 14 heteroatoms. The number of aliphatic hydroxyl groups is 2. The summed E-state index contributed by atoms with van der Waals surface area (Å²) in [6.45, 7) is -0.422. The molecule has 10 nitrogen and oxygen atoms in total. The lowest BCUT2D eigenvalue weighted by atomic mass is 9.88. The monoisotopic (exact) mass is 524 g/mol. The summed E-state index contributed by atoms with van der Waals surface area (Å²) in [4.78, 5) is 16.7. The van der Waals surface area contributed by atoms with Crippen molar-refractivity contribution in [2.45, 2.75) is 43.0 Å². The maximum absolute atomic E-state index is 13.8. The van der Waals surface area contributed by atoms with Crippen molar-refractivity contribution in [3.8, 4) is 11.3 Å². The van der Waals surface area contributed by atoms with E-state index in [2.05, 4.69) is 15.3 Å². The highest BCUT2D eigenvalue weighted by Gasteiger charge is 2.60. The zero-order chi connectivity index (χ0) is 26.3. The summed E-state index contributed by atoms with van der Waals surface area (Å²) >= 11 is 0. The second-order valence-electron chi connectivity index (χ2n) is 8.61. The number of halogens is 4. The molecule has 5 rings (SSSR count). The maximum atomic E-state index is 13.8. The second-order valence-corrected chi connectivity index (χ2v) is 8.61. The molecule has 196 valence electrons. The van der Waals surface area contributed by atoms with Crippen LogP contribution in [-0.4, -0.2) is 73.5 Å². The van der Waals surface area contributed by atoms with Gasteiger partial charge in [0.15, 0.2) is 29.2 Å². The number of rotatable bonds is 5. The van der Waals surface area contributed by atoms with Crippen LogP contribution >= 0.6 is 0 Å². The van der Waals surface area contributed by atoms with Gasteiger partial charge in [-0.05, 0) is 24.6 Å². The van der Waals surface area contributed by atoms with Crippen LogP contribution in [0.1, 0.15) is 29.4 Å². The number of carbonyl (C=O) groups excluding carboxylic acids is 1. The van der Waals surface area contributed by atoms with Gasteiger partial charge in [0.25, 0.3) is 0 Å². The van der Waals surface area contributed by atoms with Crippen LogP contribution in [0.15, 0.2) is 36.7 Å². The maximum Gasteiger partial charge on any atom is 0.357 e. The van der Waals surface area contributed by atoms with Gasteiger partial charge in [-0.25, -0.2) is 32.0 Å². The van der Waals surface area contributed by atoms with E-state index < -0.39 is 66.0 Å². The van der Waals surface area contributed by atoms with Gasteiger partial charge >= 0.3 is 5.97 Å². The molecule has 0 radical (unpaired) electrons. The Labute approximate surface area is 206 Å². The first-order chi connectivity index (χ1) is 17.7. The van der Waals surface area contributed by atoms with E-state index in [1.54, 1.807) is 0 Å². The Bertz CT molecular complexity index is 1290. The molecule has 0 aliphatic carbocycles. The molecule has 5 atom stereocenters. The number of carbonyl (C=O) groups is 1. The van der Waals surface area contributed by atoms with Gasteiger partial charge in [-0.2, -0.15) is 0 Å². The molecule has 0 saturated carbocycles. The van der Waals surface area contributed by atoms with Crippen molar-refractivity contribution >= 4 is 5.97 Å². The van der Waals surface area contributed by atoms with E-state index in [9.17, 15) is 32.6 Å². The molecule has 2 aliphatic rings. The Balaban J connectivity index is 1.55. The predicted molar refractivity (Wildman–Crippen MR) is 114 cm³/mol. The van der Waals surface area contributed by atoms with E-state index >= 15 is 0 Å². The molecule has 0 amide bonds. The summed E-state index contributed by atoms with van der Waals surface area (Å²) in [7, 11) is 0. The molecule has 2 fully saturated rings. The zero-order valence-corrected chi connectivity index (χ0v) is 18.9. The number of pyridine rings is 1. The van der Waals surface area contributed by atoms with Crippen LogP contribution in [0.3, 0.4) is 0 Å². The molecule has 1 spiro atoms. The smallest absolute Gasteiger partial charge is 0.357 e. The van der Waals surface area contributed by atoms with Crippen molar-refractivity contribution in [1.29, 1.82) is 0 Å².